The maximum Gasteiger partial charge on any atom is 0.337 e. The minimum absolute atomic E-state index is 0.00815. The van der Waals surface area contributed by atoms with Crippen LogP contribution in [0.25, 0.3) is 0 Å². The molecule has 1 saturated heterocycles. The molecule has 0 amide bonds. The van der Waals surface area contributed by atoms with Crippen molar-refractivity contribution in [2.45, 2.75) is 18.4 Å². The zero-order chi connectivity index (χ0) is 12.5. The Morgan fingerprint density at radius 2 is 2.24 bits per heavy atom. The predicted molar refractivity (Wildman–Crippen MR) is 60.4 cm³/mol. The van der Waals surface area contributed by atoms with Crippen LogP contribution in [0.3, 0.4) is 0 Å². The number of β-amino-alcohol motifs (C(OH)–C–C–N with tert-alkyl or cyclic N) is 1. The van der Waals surface area contributed by atoms with Crippen LogP contribution in [0.1, 0.15) is 12.8 Å². The molecule has 2 rings (SSSR count). The number of aliphatic hydroxyl groups is 1. The van der Waals surface area contributed by atoms with Gasteiger partial charge in [-0.15, -0.1) is 0 Å². The molecule has 5 heteroatoms. The maximum atomic E-state index is 13.1. The average Bonchev–Trinajstić information content (AvgIpc) is 2.29. The molecular weight excluding hydrogens is 225 g/mol. The SMILES string of the molecule is O=C(O)C1(O)CCCN(c2cccc(F)c2)C1. The van der Waals surface area contributed by atoms with E-state index in [1.165, 1.54) is 12.1 Å². The van der Waals surface area contributed by atoms with Crippen LogP contribution in [0.15, 0.2) is 24.3 Å². The van der Waals surface area contributed by atoms with Crippen LogP contribution in [-0.2, 0) is 4.79 Å². The van der Waals surface area contributed by atoms with Gasteiger partial charge in [-0.1, -0.05) is 6.07 Å². The largest absolute Gasteiger partial charge is 0.479 e. The summed E-state index contributed by atoms with van der Waals surface area (Å²) in [5.41, 5.74) is -1.13. The molecule has 1 unspecified atom stereocenters. The molecule has 1 atom stereocenters. The standard InChI is InChI=1S/C12H14FNO3/c13-9-3-1-4-10(7-9)14-6-2-5-12(17,8-14)11(15)16/h1,3-4,7,17H,2,5-6,8H2,(H,15,16). The lowest BCUT2D eigenvalue weighted by atomic mass is 9.92. The van der Waals surface area contributed by atoms with E-state index in [1.807, 2.05) is 0 Å². The van der Waals surface area contributed by atoms with Gasteiger partial charge in [0.05, 0.1) is 6.54 Å². The summed E-state index contributed by atoms with van der Waals surface area (Å²) in [5.74, 6) is -1.59. The number of aliphatic carboxylic acids is 1. The molecule has 4 nitrogen and oxygen atoms in total. The monoisotopic (exact) mass is 239 g/mol. The van der Waals surface area contributed by atoms with Gasteiger partial charge < -0.3 is 15.1 Å². The lowest BCUT2D eigenvalue weighted by Crippen LogP contribution is -2.53. The van der Waals surface area contributed by atoms with Crippen molar-refractivity contribution in [1.82, 2.24) is 0 Å². The van der Waals surface area contributed by atoms with Gasteiger partial charge in [-0.2, -0.15) is 0 Å². The summed E-state index contributed by atoms with van der Waals surface area (Å²) in [5, 5.41) is 18.9. The quantitative estimate of drug-likeness (QED) is 0.815. The van der Waals surface area contributed by atoms with Crippen molar-refractivity contribution < 1.29 is 19.4 Å². The van der Waals surface area contributed by atoms with Crippen LogP contribution in [0.5, 0.6) is 0 Å². The van der Waals surface area contributed by atoms with Crippen molar-refractivity contribution in [2.75, 3.05) is 18.0 Å². The van der Waals surface area contributed by atoms with Gasteiger partial charge in [0.1, 0.15) is 5.82 Å². The van der Waals surface area contributed by atoms with E-state index in [1.54, 1.807) is 17.0 Å². The molecule has 0 radical (unpaired) electrons. The number of anilines is 1. The molecule has 0 aromatic heterocycles. The normalized spacial score (nSPS) is 24.7. The predicted octanol–water partition coefficient (Wildman–Crippen LogP) is 1.24. The second-order valence-corrected chi connectivity index (χ2v) is 4.34. The van der Waals surface area contributed by atoms with Gasteiger partial charge in [-0.05, 0) is 31.0 Å². The van der Waals surface area contributed by atoms with Crippen LogP contribution in [0.2, 0.25) is 0 Å². The van der Waals surface area contributed by atoms with Gasteiger partial charge in [-0.25, -0.2) is 9.18 Å². The first-order chi connectivity index (χ1) is 8.01. The van der Waals surface area contributed by atoms with Gasteiger partial charge in [0, 0.05) is 12.2 Å². The Labute approximate surface area is 98.3 Å². The van der Waals surface area contributed by atoms with Crippen LogP contribution in [0, 0.1) is 5.82 Å². The molecule has 1 aliphatic rings. The molecule has 1 aromatic carbocycles. The van der Waals surface area contributed by atoms with E-state index in [-0.39, 0.29) is 18.8 Å². The zero-order valence-corrected chi connectivity index (χ0v) is 9.27. The molecule has 1 heterocycles. The second kappa shape index (κ2) is 4.33. The third-order valence-electron chi connectivity index (χ3n) is 3.04. The Hall–Kier alpha value is -1.62. The molecule has 1 aromatic rings. The van der Waals surface area contributed by atoms with E-state index in [2.05, 4.69) is 0 Å². The molecule has 1 aliphatic heterocycles. The number of hydrogen-bond acceptors (Lipinski definition) is 3. The number of piperidine rings is 1. The molecule has 0 bridgehead atoms. The summed E-state index contributed by atoms with van der Waals surface area (Å²) in [6.07, 6.45) is 0.799. The van der Waals surface area contributed by atoms with Gasteiger partial charge in [0.15, 0.2) is 5.60 Å². The van der Waals surface area contributed by atoms with Crippen molar-refractivity contribution in [3.05, 3.63) is 30.1 Å². The summed E-state index contributed by atoms with van der Waals surface area (Å²) in [7, 11) is 0. The van der Waals surface area contributed by atoms with Crippen molar-refractivity contribution in [2.24, 2.45) is 0 Å². The van der Waals surface area contributed by atoms with Crippen LogP contribution < -0.4 is 4.90 Å². The van der Waals surface area contributed by atoms with Gasteiger partial charge in [0.2, 0.25) is 0 Å². The number of nitrogens with zero attached hydrogens (tertiary/aromatic N) is 1. The van der Waals surface area contributed by atoms with E-state index < -0.39 is 11.6 Å². The smallest absolute Gasteiger partial charge is 0.337 e. The summed E-state index contributed by atoms with van der Waals surface area (Å²) in [6, 6.07) is 5.94. The average molecular weight is 239 g/mol. The summed E-state index contributed by atoms with van der Waals surface area (Å²) < 4.78 is 13.1. The van der Waals surface area contributed by atoms with Crippen LogP contribution in [0.4, 0.5) is 10.1 Å². The first-order valence-corrected chi connectivity index (χ1v) is 5.47. The molecule has 0 saturated carbocycles. The molecule has 0 spiro atoms. The highest BCUT2D eigenvalue weighted by Gasteiger charge is 2.40. The summed E-state index contributed by atoms with van der Waals surface area (Å²) in [6.45, 7) is 0.616. The molecule has 1 fully saturated rings. The number of carboxylic acids is 1. The van der Waals surface area contributed by atoms with E-state index in [0.29, 0.717) is 18.7 Å². The van der Waals surface area contributed by atoms with Crippen molar-refractivity contribution >= 4 is 11.7 Å². The lowest BCUT2D eigenvalue weighted by molar-refractivity contribution is -0.159. The lowest BCUT2D eigenvalue weighted by Gasteiger charge is -2.37. The second-order valence-electron chi connectivity index (χ2n) is 4.34. The Morgan fingerprint density at radius 3 is 2.88 bits per heavy atom. The Morgan fingerprint density at radius 1 is 1.47 bits per heavy atom. The van der Waals surface area contributed by atoms with Crippen LogP contribution in [-0.4, -0.2) is 34.9 Å². The third kappa shape index (κ3) is 2.39. The first kappa shape index (κ1) is 11.9. The highest BCUT2D eigenvalue weighted by atomic mass is 19.1. The van der Waals surface area contributed by atoms with Crippen LogP contribution >= 0.6 is 0 Å². The topological polar surface area (TPSA) is 60.8 Å². The molecule has 0 aliphatic carbocycles. The number of carboxylic acid groups (broad SMARTS) is 1. The molecule has 92 valence electrons. The fourth-order valence-corrected chi connectivity index (χ4v) is 2.10. The minimum Gasteiger partial charge on any atom is -0.479 e. The van der Waals surface area contributed by atoms with E-state index in [0.717, 1.165) is 0 Å². The molecule has 17 heavy (non-hydrogen) atoms. The molecular formula is C12H14FNO3. The first-order valence-electron chi connectivity index (χ1n) is 5.47. The van der Waals surface area contributed by atoms with Gasteiger partial charge >= 0.3 is 5.97 Å². The number of halogens is 1. The van der Waals surface area contributed by atoms with Crippen molar-refractivity contribution in [1.29, 1.82) is 0 Å². The highest BCUT2D eigenvalue weighted by Crippen LogP contribution is 2.26. The van der Waals surface area contributed by atoms with Crippen molar-refractivity contribution in [3.63, 3.8) is 0 Å². The third-order valence-corrected chi connectivity index (χ3v) is 3.04. The fourth-order valence-electron chi connectivity index (χ4n) is 2.10. The Bertz CT molecular complexity index is 438. The Kier molecular flexibility index (Phi) is 3.02. The summed E-state index contributed by atoms with van der Waals surface area (Å²) in [4.78, 5) is 12.7. The van der Waals surface area contributed by atoms with Gasteiger partial charge in [-0.3, -0.25) is 0 Å². The number of hydrogen-bond donors (Lipinski definition) is 2. The number of benzene rings is 1. The zero-order valence-electron chi connectivity index (χ0n) is 9.27. The highest BCUT2D eigenvalue weighted by molar-refractivity contribution is 5.78. The maximum absolute atomic E-state index is 13.1. The van der Waals surface area contributed by atoms with Gasteiger partial charge in [0.25, 0.3) is 0 Å². The fraction of sp³-hybridized carbons (Fsp3) is 0.417. The minimum atomic E-state index is -1.73. The summed E-state index contributed by atoms with van der Waals surface area (Å²) >= 11 is 0. The van der Waals surface area contributed by atoms with Crippen molar-refractivity contribution in [3.8, 4) is 0 Å². The molecule has 2 N–H and O–H groups in total. The van der Waals surface area contributed by atoms with E-state index in [4.69, 9.17) is 5.11 Å². The van der Waals surface area contributed by atoms with E-state index in [9.17, 15) is 14.3 Å². The van der Waals surface area contributed by atoms with E-state index >= 15 is 0 Å². The Balaban J connectivity index is 2.20. The number of carbonyl (C=O) groups is 1. The number of rotatable bonds is 2.